The van der Waals surface area contributed by atoms with Gasteiger partial charge in [-0.3, -0.25) is 0 Å². The van der Waals surface area contributed by atoms with Crippen LogP contribution in [0.1, 0.15) is 20.3 Å². The molecule has 0 saturated carbocycles. The van der Waals surface area contributed by atoms with Gasteiger partial charge in [-0.05, 0) is 14.8 Å². The van der Waals surface area contributed by atoms with Crippen molar-refractivity contribution in [3.8, 4) is 0 Å². The minimum atomic E-state index is -8.72. The summed E-state index contributed by atoms with van der Waals surface area (Å²) in [7, 11) is -5.59. The Morgan fingerprint density at radius 1 is 0.328 bits per heavy atom. The summed E-state index contributed by atoms with van der Waals surface area (Å²) in [4.78, 5) is 21.7. The standard InChI is InChI=1S/C11H7F17O3Si.C10H4Cl3F17Si.CH4/c1-31-32(29,30)3-2-4(12,13)5(14,15)6(16,17)7(18,19)8(20,21)9(22,23)10(24,25)11(26,27)28;11-31(12,13)2-1-3(14,15)4(16,17)5(18,19)6(20,21)7(22,23)8(24,25)9(26,27)10(28,29)30;/h2-3H2,1H3;1-2H2;1H4/q-2;;. The molecule has 390 valence electrons. The summed E-state index contributed by atoms with van der Waals surface area (Å²) in [6.07, 6.45) is -21.4. The number of rotatable bonds is 19. The maximum absolute atomic E-state index is 13.4. The Bertz CT molecular complexity index is 1550. The van der Waals surface area contributed by atoms with Gasteiger partial charge in [0.25, 0.3) is 0 Å². The normalized spacial score (nSPS) is 16.3. The van der Waals surface area contributed by atoms with Gasteiger partial charge in [-0.15, -0.1) is 33.2 Å². The van der Waals surface area contributed by atoms with Gasteiger partial charge < -0.3 is 14.0 Å². The fourth-order valence-corrected chi connectivity index (χ4v) is 5.69. The highest BCUT2D eigenvalue weighted by Crippen LogP contribution is 2.66. The third-order valence-electron chi connectivity index (χ3n) is 7.35. The van der Waals surface area contributed by atoms with E-state index in [0.717, 1.165) is 0 Å². The Morgan fingerprint density at radius 2 is 0.500 bits per heavy atom. The van der Waals surface area contributed by atoms with Crippen LogP contribution >= 0.6 is 33.2 Å². The molecule has 0 fully saturated rings. The fourth-order valence-electron chi connectivity index (χ4n) is 3.42. The lowest BCUT2D eigenvalue weighted by Gasteiger charge is -2.46. The maximum atomic E-state index is 13.4. The number of alkyl halides is 34. The largest absolute Gasteiger partial charge is 0.849 e. The van der Waals surface area contributed by atoms with Crippen LogP contribution in [0.5, 0.6) is 0 Å². The predicted octanol–water partition coefficient (Wildman–Crippen LogP) is 12.4. The molecule has 42 heteroatoms. The van der Waals surface area contributed by atoms with Crippen molar-refractivity contribution >= 4 is 48.0 Å². The van der Waals surface area contributed by atoms with Gasteiger partial charge in [0.05, 0.1) is 0 Å². The molecule has 0 aliphatic rings. The molecule has 0 aliphatic heterocycles. The van der Waals surface area contributed by atoms with Crippen molar-refractivity contribution in [1.82, 2.24) is 0 Å². The van der Waals surface area contributed by atoms with Gasteiger partial charge >= 0.3 is 101 Å². The van der Waals surface area contributed by atoms with Gasteiger partial charge in [0, 0.05) is 20.0 Å². The van der Waals surface area contributed by atoms with Gasteiger partial charge in [-0.2, -0.15) is 149 Å². The Balaban J connectivity index is -0.00000115. The molecular weight excluding hydrogens is 1120 g/mol. The second kappa shape index (κ2) is 18.3. The molecule has 64 heavy (non-hydrogen) atoms. The Labute approximate surface area is 346 Å². The molecule has 0 saturated heterocycles. The summed E-state index contributed by atoms with van der Waals surface area (Å²) in [5.41, 5.74) is 0. The van der Waals surface area contributed by atoms with Crippen LogP contribution in [0.3, 0.4) is 0 Å². The molecule has 0 unspecified atom stereocenters. The Hall–Kier alpha value is -1.20. The molecule has 0 aromatic carbocycles. The monoisotopic (exact) mass is 1130 g/mol. The molecule has 0 aliphatic carbocycles. The summed E-state index contributed by atoms with van der Waals surface area (Å²) in [6, 6.07) is -8.41. The quantitative estimate of drug-likeness (QED) is 0.0736. The molecule has 0 radical (unpaired) electrons. The zero-order valence-corrected chi connectivity index (χ0v) is 32.3. The van der Waals surface area contributed by atoms with Crippen molar-refractivity contribution < 1.29 is 163 Å². The molecule has 0 N–H and O–H groups in total. The minimum Gasteiger partial charge on any atom is -0.849 e. The molecule has 0 atom stereocenters. The molecule has 0 bridgehead atoms. The smallest absolute Gasteiger partial charge is 0.460 e. The van der Waals surface area contributed by atoms with Gasteiger partial charge in [0.2, 0.25) is 0 Å². The first-order valence-electron chi connectivity index (χ1n) is 13.9. The van der Waals surface area contributed by atoms with Crippen LogP contribution in [0.4, 0.5) is 149 Å². The highest BCUT2D eigenvalue weighted by Gasteiger charge is 2.97. The van der Waals surface area contributed by atoms with E-state index >= 15 is 0 Å². The molecular formula is C22H15Cl3F34O3Si2-2. The van der Waals surface area contributed by atoms with Crippen molar-refractivity contribution in [3.63, 3.8) is 0 Å². The fraction of sp³-hybridized carbons (Fsp3) is 1.00. The molecule has 0 amide bonds. The lowest BCUT2D eigenvalue weighted by atomic mass is 9.88. The van der Waals surface area contributed by atoms with Crippen molar-refractivity contribution in [2.45, 2.75) is 128 Å². The molecule has 0 aromatic heterocycles. The minimum absolute atomic E-state index is 0. The Morgan fingerprint density at radius 3 is 0.672 bits per heavy atom. The first-order chi connectivity index (χ1) is 26.5. The topological polar surface area (TPSA) is 55.3 Å². The average Bonchev–Trinajstić information content (AvgIpc) is 3.04. The van der Waals surface area contributed by atoms with Gasteiger partial charge in [-0.25, -0.2) is 0 Å². The van der Waals surface area contributed by atoms with Crippen LogP contribution in [0.25, 0.3) is 0 Å². The van der Waals surface area contributed by atoms with E-state index in [1.54, 1.807) is 0 Å². The summed E-state index contributed by atoms with van der Waals surface area (Å²) in [6.45, 7) is 0. The van der Waals surface area contributed by atoms with E-state index in [4.69, 9.17) is 33.2 Å². The average molecular weight is 1140 g/mol. The Kier molecular flexibility index (Phi) is 19.2. The molecule has 0 heterocycles. The van der Waals surface area contributed by atoms with E-state index < -0.39 is 135 Å². The number of hydrogen-bond acceptors (Lipinski definition) is 3. The van der Waals surface area contributed by atoms with Gasteiger partial charge in [0.15, 0.2) is 0 Å². The van der Waals surface area contributed by atoms with E-state index in [1.165, 1.54) is 0 Å². The van der Waals surface area contributed by atoms with Crippen LogP contribution < -0.4 is 9.59 Å². The number of hydrogen-bond donors (Lipinski definition) is 0. The lowest BCUT2D eigenvalue weighted by Crippen LogP contribution is -2.74. The highest BCUT2D eigenvalue weighted by atomic mass is 35.8. The first-order valence-corrected chi connectivity index (χ1v) is 21.1. The highest BCUT2D eigenvalue weighted by molar-refractivity contribution is 7.64. The second-order valence-electron chi connectivity index (χ2n) is 11.8. The second-order valence-corrected chi connectivity index (χ2v) is 23.4. The predicted molar refractivity (Wildman–Crippen MR) is 143 cm³/mol. The SMILES string of the molecule is C.CO[Si]([O-])([O-])CCC(F)(F)C(F)(F)C(F)(F)C(F)(F)C(F)(F)C(F)(F)C(F)(F)C(F)(F)F.FC(F)(F)C(F)(F)C(F)(F)C(F)(F)C(F)(F)C(F)(F)C(F)(F)C(F)(F)CC[Si](Cl)(Cl)Cl. The third-order valence-corrected chi connectivity index (χ3v) is 11.4. The molecule has 3 nitrogen and oxygen atoms in total. The van der Waals surface area contributed by atoms with Crippen LogP contribution in [0.15, 0.2) is 0 Å². The van der Waals surface area contributed by atoms with Crippen LogP contribution in [-0.2, 0) is 4.43 Å². The van der Waals surface area contributed by atoms with E-state index in [1.807, 2.05) is 0 Å². The van der Waals surface area contributed by atoms with Crippen LogP contribution in [-0.4, -0.2) is 117 Å². The van der Waals surface area contributed by atoms with Crippen molar-refractivity contribution in [3.05, 3.63) is 0 Å². The van der Waals surface area contributed by atoms with Crippen LogP contribution in [0.2, 0.25) is 12.1 Å². The zero-order valence-electron chi connectivity index (χ0n) is 28.0. The van der Waals surface area contributed by atoms with E-state index in [9.17, 15) is 159 Å². The maximum Gasteiger partial charge on any atom is 0.460 e. The van der Waals surface area contributed by atoms with Crippen molar-refractivity contribution in [2.24, 2.45) is 0 Å². The molecule has 0 spiro atoms. The molecule has 0 aromatic rings. The zero-order chi connectivity index (χ0) is 52.5. The van der Waals surface area contributed by atoms with Crippen molar-refractivity contribution in [2.75, 3.05) is 7.11 Å². The van der Waals surface area contributed by atoms with Crippen molar-refractivity contribution in [1.29, 1.82) is 0 Å². The molecule has 0 rings (SSSR count). The summed E-state index contributed by atoms with van der Waals surface area (Å²) in [5.74, 6) is -114. The lowest BCUT2D eigenvalue weighted by molar-refractivity contribution is -0.462. The summed E-state index contributed by atoms with van der Waals surface area (Å²) < 4.78 is 444. The number of halogens is 37. The summed E-state index contributed by atoms with van der Waals surface area (Å²) in [5, 5.41) is 0. The van der Waals surface area contributed by atoms with Gasteiger partial charge in [-0.1, -0.05) is 13.5 Å². The van der Waals surface area contributed by atoms with E-state index in [0.29, 0.717) is 0 Å². The van der Waals surface area contributed by atoms with E-state index in [2.05, 4.69) is 4.43 Å². The third kappa shape index (κ3) is 10.8. The first kappa shape index (κ1) is 67.1. The summed E-state index contributed by atoms with van der Waals surface area (Å²) >= 11 is 14.9. The van der Waals surface area contributed by atoms with Gasteiger partial charge in [0.1, 0.15) is 0 Å². The van der Waals surface area contributed by atoms with Crippen LogP contribution in [0, 0.1) is 0 Å². The van der Waals surface area contributed by atoms with E-state index in [-0.39, 0.29) is 14.5 Å².